The number of amides is 4. The third kappa shape index (κ3) is 9.47. The van der Waals surface area contributed by atoms with Crippen LogP contribution in [0.3, 0.4) is 0 Å². The number of hydrogen-bond donors (Lipinski definition) is 7. The zero-order valence-corrected chi connectivity index (χ0v) is 15.0. The van der Waals surface area contributed by atoms with Gasteiger partial charge >= 0.3 is 0 Å². The Hall–Kier alpha value is -2.82. The molecule has 0 aliphatic rings. The lowest BCUT2D eigenvalue weighted by Gasteiger charge is -2.23. The molecular formula is C15H28N6O5. The summed E-state index contributed by atoms with van der Waals surface area (Å²) in [6.45, 7) is 5.94. The summed E-state index contributed by atoms with van der Waals surface area (Å²) in [5.41, 5.74) is 10.5. The van der Waals surface area contributed by atoms with Crippen LogP contribution in [0.25, 0.3) is 0 Å². The van der Waals surface area contributed by atoms with E-state index in [4.69, 9.17) is 16.6 Å². The van der Waals surface area contributed by atoms with Crippen LogP contribution in [0, 0.1) is 0 Å². The van der Waals surface area contributed by atoms with Crippen molar-refractivity contribution in [2.24, 2.45) is 11.5 Å². The topological polar surface area (TPSA) is 189 Å². The fraction of sp³-hybridized carbons (Fsp3) is 0.600. The SMILES string of the molecule is C=C(N)NCCC[C@H](NC(=O)[C@H](C)NC(C)=O)C(=O)N[C@@H](CO)C(N)=O. The van der Waals surface area contributed by atoms with E-state index < -0.39 is 48.4 Å². The third-order valence-electron chi connectivity index (χ3n) is 3.31. The zero-order valence-electron chi connectivity index (χ0n) is 15.0. The number of carbonyl (C=O) groups is 4. The lowest BCUT2D eigenvalue weighted by Crippen LogP contribution is -2.56. The molecule has 0 aliphatic carbocycles. The van der Waals surface area contributed by atoms with Crippen molar-refractivity contribution in [3.63, 3.8) is 0 Å². The quantitative estimate of drug-likeness (QED) is 0.175. The first kappa shape index (κ1) is 23.2. The summed E-state index contributed by atoms with van der Waals surface area (Å²) in [7, 11) is 0. The Balaban J connectivity index is 4.94. The van der Waals surface area contributed by atoms with E-state index in [0.717, 1.165) is 0 Å². The van der Waals surface area contributed by atoms with Crippen molar-refractivity contribution in [2.45, 2.75) is 44.8 Å². The van der Waals surface area contributed by atoms with Gasteiger partial charge in [0.15, 0.2) is 0 Å². The highest BCUT2D eigenvalue weighted by Crippen LogP contribution is 2.00. The summed E-state index contributed by atoms with van der Waals surface area (Å²) in [6.07, 6.45) is 0.658. The molecule has 0 spiro atoms. The monoisotopic (exact) mass is 372 g/mol. The number of carbonyl (C=O) groups excluding carboxylic acids is 4. The van der Waals surface area contributed by atoms with E-state index in [9.17, 15) is 19.2 Å². The van der Waals surface area contributed by atoms with Gasteiger partial charge in [-0.05, 0) is 19.8 Å². The van der Waals surface area contributed by atoms with E-state index in [-0.39, 0.29) is 12.2 Å². The van der Waals surface area contributed by atoms with Gasteiger partial charge in [0.05, 0.1) is 12.4 Å². The number of primary amides is 1. The van der Waals surface area contributed by atoms with Crippen LogP contribution in [0.15, 0.2) is 12.4 Å². The van der Waals surface area contributed by atoms with Gasteiger partial charge in [-0.3, -0.25) is 19.2 Å². The summed E-state index contributed by atoms with van der Waals surface area (Å²) in [6, 6.07) is -3.12. The molecule has 26 heavy (non-hydrogen) atoms. The van der Waals surface area contributed by atoms with Gasteiger partial charge in [0.2, 0.25) is 23.6 Å². The van der Waals surface area contributed by atoms with Gasteiger partial charge < -0.3 is 37.8 Å². The summed E-state index contributed by atoms with van der Waals surface area (Å²) in [5, 5.41) is 19.0. The van der Waals surface area contributed by atoms with Crippen LogP contribution in [-0.2, 0) is 19.2 Å². The van der Waals surface area contributed by atoms with Gasteiger partial charge in [0, 0.05) is 13.5 Å². The molecule has 0 heterocycles. The standard InChI is InChI=1S/C15H28N6O5/c1-8(19-10(3)23)14(25)20-11(5-4-6-18-9(2)16)15(26)21-12(7-22)13(17)24/h8,11-12,18,22H,2,4-7,16H2,1,3H3,(H2,17,24)(H,19,23)(H,20,25)(H,21,26)/t8-,11-,12-/m0/s1. The summed E-state index contributed by atoms with van der Waals surface area (Å²) < 4.78 is 0. The van der Waals surface area contributed by atoms with E-state index in [2.05, 4.69) is 27.8 Å². The molecular weight excluding hydrogens is 344 g/mol. The lowest BCUT2D eigenvalue weighted by molar-refractivity contribution is -0.133. The van der Waals surface area contributed by atoms with E-state index in [1.807, 2.05) is 0 Å². The predicted octanol–water partition coefficient (Wildman–Crippen LogP) is -3.24. The van der Waals surface area contributed by atoms with Crippen molar-refractivity contribution in [1.82, 2.24) is 21.3 Å². The minimum absolute atomic E-state index is 0.210. The van der Waals surface area contributed by atoms with Crippen LogP contribution in [0.4, 0.5) is 0 Å². The number of hydrogen-bond acceptors (Lipinski definition) is 7. The molecule has 0 aromatic heterocycles. The van der Waals surface area contributed by atoms with Gasteiger partial charge in [-0.1, -0.05) is 6.58 Å². The first-order valence-corrected chi connectivity index (χ1v) is 8.04. The van der Waals surface area contributed by atoms with E-state index in [1.165, 1.54) is 13.8 Å². The molecule has 0 fully saturated rings. The Morgan fingerprint density at radius 2 is 1.62 bits per heavy atom. The summed E-state index contributed by atoms with van der Waals surface area (Å²) in [4.78, 5) is 46.6. The highest BCUT2D eigenvalue weighted by atomic mass is 16.3. The maximum absolute atomic E-state index is 12.3. The van der Waals surface area contributed by atoms with Crippen LogP contribution < -0.4 is 32.7 Å². The smallest absolute Gasteiger partial charge is 0.243 e. The Bertz CT molecular complexity index is 539. The molecule has 0 saturated heterocycles. The van der Waals surface area contributed by atoms with Crippen molar-refractivity contribution in [3.05, 3.63) is 12.4 Å². The molecule has 148 valence electrons. The summed E-state index contributed by atoms with van der Waals surface area (Å²) in [5.74, 6) is -2.29. The molecule has 0 saturated carbocycles. The first-order valence-electron chi connectivity index (χ1n) is 8.04. The second-order valence-electron chi connectivity index (χ2n) is 5.72. The van der Waals surface area contributed by atoms with Gasteiger partial charge in [-0.15, -0.1) is 0 Å². The third-order valence-corrected chi connectivity index (χ3v) is 3.31. The van der Waals surface area contributed by atoms with Crippen molar-refractivity contribution >= 4 is 23.6 Å². The van der Waals surface area contributed by atoms with Crippen LogP contribution >= 0.6 is 0 Å². The fourth-order valence-electron chi connectivity index (χ4n) is 1.97. The molecule has 0 bridgehead atoms. The average Bonchev–Trinajstić information content (AvgIpc) is 2.53. The minimum atomic E-state index is -1.27. The largest absolute Gasteiger partial charge is 0.394 e. The molecule has 0 aromatic rings. The number of nitrogens with one attached hydrogen (secondary N) is 4. The van der Waals surface area contributed by atoms with Crippen molar-refractivity contribution in [3.8, 4) is 0 Å². The maximum atomic E-state index is 12.3. The van der Waals surface area contributed by atoms with Gasteiger partial charge in [-0.2, -0.15) is 0 Å². The molecule has 0 rings (SSSR count). The Labute approximate surface area is 151 Å². The van der Waals surface area contributed by atoms with E-state index in [0.29, 0.717) is 13.0 Å². The Morgan fingerprint density at radius 1 is 1.04 bits per heavy atom. The number of aliphatic hydroxyl groups excluding tert-OH is 1. The van der Waals surface area contributed by atoms with Crippen molar-refractivity contribution in [1.29, 1.82) is 0 Å². The van der Waals surface area contributed by atoms with Gasteiger partial charge in [0.25, 0.3) is 0 Å². The molecule has 0 aromatic carbocycles. The number of rotatable bonds is 12. The van der Waals surface area contributed by atoms with E-state index in [1.54, 1.807) is 0 Å². The average molecular weight is 372 g/mol. The molecule has 0 radical (unpaired) electrons. The lowest BCUT2D eigenvalue weighted by atomic mass is 10.1. The van der Waals surface area contributed by atoms with E-state index >= 15 is 0 Å². The molecule has 9 N–H and O–H groups in total. The van der Waals surface area contributed by atoms with Crippen LogP contribution in [-0.4, -0.2) is 60.0 Å². The van der Waals surface area contributed by atoms with Crippen LogP contribution in [0.2, 0.25) is 0 Å². The summed E-state index contributed by atoms with van der Waals surface area (Å²) >= 11 is 0. The second kappa shape index (κ2) is 11.7. The molecule has 11 nitrogen and oxygen atoms in total. The fourth-order valence-corrected chi connectivity index (χ4v) is 1.97. The highest BCUT2D eigenvalue weighted by Gasteiger charge is 2.26. The van der Waals surface area contributed by atoms with Crippen LogP contribution in [0.5, 0.6) is 0 Å². The van der Waals surface area contributed by atoms with Crippen molar-refractivity contribution in [2.75, 3.05) is 13.2 Å². The molecule has 11 heteroatoms. The molecule has 0 unspecified atom stereocenters. The predicted molar refractivity (Wildman–Crippen MR) is 94.0 cm³/mol. The van der Waals surface area contributed by atoms with Gasteiger partial charge in [0.1, 0.15) is 18.1 Å². The molecule has 4 amide bonds. The van der Waals surface area contributed by atoms with Crippen LogP contribution in [0.1, 0.15) is 26.7 Å². The molecule has 0 aliphatic heterocycles. The number of aliphatic hydroxyl groups is 1. The maximum Gasteiger partial charge on any atom is 0.243 e. The molecule has 3 atom stereocenters. The number of nitrogens with two attached hydrogens (primary N) is 2. The minimum Gasteiger partial charge on any atom is -0.394 e. The Morgan fingerprint density at radius 3 is 2.08 bits per heavy atom. The highest BCUT2D eigenvalue weighted by molar-refractivity contribution is 5.93. The Kier molecular flexibility index (Phi) is 10.4. The van der Waals surface area contributed by atoms with Crippen molar-refractivity contribution < 1.29 is 24.3 Å². The second-order valence-corrected chi connectivity index (χ2v) is 5.72. The van der Waals surface area contributed by atoms with Gasteiger partial charge in [-0.25, -0.2) is 0 Å². The normalized spacial score (nSPS) is 13.7. The zero-order chi connectivity index (χ0) is 20.3. The first-order chi connectivity index (χ1) is 12.1.